The van der Waals surface area contributed by atoms with Gasteiger partial charge in [-0.3, -0.25) is 14.4 Å². The highest BCUT2D eigenvalue weighted by Crippen LogP contribution is 2.38. The lowest BCUT2D eigenvalue weighted by Gasteiger charge is -2.32. The number of hydrogen-bond acceptors (Lipinski definition) is 6. The number of fused-ring (bicyclic) bond motifs is 1. The molecule has 3 aromatic rings. The van der Waals surface area contributed by atoms with Crippen molar-refractivity contribution in [3.8, 4) is 0 Å². The Balaban J connectivity index is 1.21. The number of rotatable bonds is 7. The first-order valence-electron chi connectivity index (χ1n) is 13.7. The summed E-state index contributed by atoms with van der Waals surface area (Å²) in [6.07, 6.45) is 4.67. The molecule has 1 aliphatic heterocycles. The van der Waals surface area contributed by atoms with Crippen molar-refractivity contribution < 1.29 is 18.9 Å². The van der Waals surface area contributed by atoms with Gasteiger partial charge in [0, 0.05) is 50.9 Å². The monoisotopic (exact) mass is 508 g/mol. The Labute approximate surface area is 222 Å². The Morgan fingerprint density at radius 3 is 2.08 bits per heavy atom. The minimum absolute atomic E-state index is 0.0141. The maximum Gasteiger partial charge on any atom is 0.168 e. The van der Waals surface area contributed by atoms with E-state index in [0.717, 1.165) is 42.8 Å². The summed E-state index contributed by atoms with van der Waals surface area (Å²) in [5, 5.41) is 4.20. The zero-order valence-electron chi connectivity index (χ0n) is 21.5. The molecule has 6 heteroatoms. The van der Waals surface area contributed by atoms with Gasteiger partial charge in [-0.05, 0) is 42.2 Å². The number of aryl methyl sites for hydroxylation is 1. The molecule has 1 saturated heterocycles. The first kappa shape index (κ1) is 24.5. The van der Waals surface area contributed by atoms with E-state index in [9.17, 15) is 14.4 Å². The van der Waals surface area contributed by atoms with E-state index in [1.165, 1.54) is 0 Å². The topological polar surface area (TPSA) is 80.5 Å². The lowest BCUT2D eigenvalue weighted by atomic mass is 9.79. The Kier molecular flexibility index (Phi) is 6.79. The van der Waals surface area contributed by atoms with Crippen molar-refractivity contribution in [2.45, 2.75) is 63.2 Å². The van der Waals surface area contributed by atoms with Gasteiger partial charge in [-0.2, -0.15) is 0 Å². The zero-order chi connectivity index (χ0) is 26.1. The van der Waals surface area contributed by atoms with E-state index in [-0.39, 0.29) is 35.6 Å². The van der Waals surface area contributed by atoms with E-state index < -0.39 is 0 Å². The molecule has 1 aromatic heterocycles. The molecular weight excluding hydrogens is 476 g/mol. The van der Waals surface area contributed by atoms with Crippen molar-refractivity contribution in [1.29, 1.82) is 0 Å². The van der Waals surface area contributed by atoms with Gasteiger partial charge < -0.3 is 9.42 Å². The van der Waals surface area contributed by atoms with Gasteiger partial charge in [-0.25, -0.2) is 0 Å². The first-order chi connectivity index (χ1) is 18.6. The number of carbonyl (C=O) groups is 3. The van der Waals surface area contributed by atoms with Crippen LogP contribution in [0.1, 0.15) is 83.3 Å². The molecule has 0 saturated carbocycles. The summed E-state index contributed by atoms with van der Waals surface area (Å²) in [6.45, 7) is 1.77. The largest absolute Gasteiger partial charge is 0.374 e. The molecule has 3 aliphatic rings. The molecule has 6 rings (SSSR count). The van der Waals surface area contributed by atoms with E-state index in [1.54, 1.807) is 0 Å². The summed E-state index contributed by atoms with van der Waals surface area (Å²) in [4.78, 5) is 42.3. The third-order valence-corrected chi connectivity index (χ3v) is 8.31. The summed E-state index contributed by atoms with van der Waals surface area (Å²) in [5.41, 5.74) is 4.61. The number of nitrogens with zero attached hydrogens (tertiary/aromatic N) is 2. The number of carbonyl (C=O) groups excluding carboxylic acids is 3. The summed E-state index contributed by atoms with van der Waals surface area (Å²) in [6, 6.07) is 20.1. The summed E-state index contributed by atoms with van der Waals surface area (Å²) >= 11 is 0. The van der Waals surface area contributed by atoms with Crippen molar-refractivity contribution in [3.63, 3.8) is 0 Å². The molecule has 2 aromatic carbocycles. The van der Waals surface area contributed by atoms with E-state index in [2.05, 4.69) is 22.2 Å². The van der Waals surface area contributed by atoms with Gasteiger partial charge in [-0.15, -0.1) is 0 Å². The van der Waals surface area contributed by atoms with Crippen molar-refractivity contribution >= 4 is 17.3 Å². The molecule has 2 unspecified atom stereocenters. The predicted octanol–water partition coefficient (Wildman–Crippen LogP) is 5.59. The van der Waals surface area contributed by atoms with Gasteiger partial charge in [0.05, 0.1) is 16.8 Å². The normalized spacial score (nSPS) is 21.6. The number of hydrogen-bond donors (Lipinski definition) is 0. The number of aromatic nitrogens is 1. The van der Waals surface area contributed by atoms with Crippen LogP contribution in [0, 0.1) is 0 Å². The van der Waals surface area contributed by atoms with Gasteiger partial charge in [0.2, 0.25) is 0 Å². The van der Waals surface area contributed by atoms with Gasteiger partial charge >= 0.3 is 0 Å². The lowest BCUT2D eigenvalue weighted by molar-refractivity contribution is -0.122. The fourth-order valence-corrected chi connectivity index (χ4v) is 6.37. The molecule has 6 nitrogen and oxygen atoms in total. The van der Waals surface area contributed by atoms with E-state index >= 15 is 0 Å². The number of benzene rings is 2. The van der Waals surface area contributed by atoms with Crippen LogP contribution in [0.3, 0.4) is 0 Å². The van der Waals surface area contributed by atoms with Crippen LogP contribution in [-0.4, -0.2) is 40.5 Å². The van der Waals surface area contributed by atoms with Crippen molar-refractivity contribution in [2.24, 2.45) is 0 Å². The molecule has 1 fully saturated rings. The molecule has 0 bridgehead atoms. The highest BCUT2D eigenvalue weighted by molar-refractivity contribution is 6.21. The van der Waals surface area contributed by atoms with Crippen LogP contribution < -0.4 is 0 Å². The van der Waals surface area contributed by atoms with Gasteiger partial charge in [0.1, 0.15) is 5.76 Å². The van der Waals surface area contributed by atoms with Gasteiger partial charge in [0.15, 0.2) is 17.3 Å². The molecule has 194 valence electrons. The maximum absolute atomic E-state index is 13.6. The smallest absolute Gasteiger partial charge is 0.168 e. The van der Waals surface area contributed by atoms with E-state index in [4.69, 9.17) is 4.52 Å². The van der Waals surface area contributed by atoms with Crippen molar-refractivity contribution in [3.05, 3.63) is 100 Å². The highest BCUT2D eigenvalue weighted by atomic mass is 16.5. The van der Waals surface area contributed by atoms with Crippen LogP contribution >= 0.6 is 0 Å². The van der Waals surface area contributed by atoms with Crippen LogP contribution in [0.5, 0.6) is 0 Å². The fraction of sp³-hybridized carbons (Fsp3) is 0.375. The Morgan fingerprint density at radius 2 is 1.42 bits per heavy atom. The first-order valence-corrected chi connectivity index (χ1v) is 13.7. The van der Waals surface area contributed by atoms with Crippen molar-refractivity contribution in [2.75, 3.05) is 13.1 Å². The minimum Gasteiger partial charge on any atom is -0.374 e. The second kappa shape index (κ2) is 10.5. The van der Waals surface area contributed by atoms with Crippen LogP contribution in [0.2, 0.25) is 0 Å². The number of likely N-dealkylation sites (tertiary alicyclic amines) is 1. The third kappa shape index (κ3) is 4.75. The summed E-state index contributed by atoms with van der Waals surface area (Å²) < 4.78 is 5.60. The molecule has 38 heavy (non-hydrogen) atoms. The minimum atomic E-state index is -0.148. The maximum atomic E-state index is 13.6. The summed E-state index contributed by atoms with van der Waals surface area (Å²) in [5.74, 6) is 0.568. The van der Waals surface area contributed by atoms with Gasteiger partial charge in [-0.1, -0.05) is 65.8 Å². The van der Waals surface area contributed by atoms with Gasteiger partial charge in [0.25, 0.3) is 0 Å². The lowest BCUT2D eigenvalue weighted by Crippen LogP contribution is -2.32. The van der Waals surface area contributed by atoms with Crippen LogP contribution in [0.15, 0.2) is 76.5 Å². The molecule has 0 N–H and O–H groups in total. The molecule has 0 spiro atoms. The van der Waals surface area contributed by atoms with Crippen molar-refractivity contribution in [1.82, 2.24) is 10.1 Å². The molecule has 2 aliphatic carbocycles. The molecular formula is C32H32N2O4. The van der Waals surface area contributed by atoms with Crippen LogP contribution in [0.25, 0.3) is 0 Å². The molecule has 0 radical (unpaired) electrons. The summed E-state index contributed by atoms with van der Waals surface area (Å²) in [7, 11) is 0. The highest BCUT2D eigenvalue weighted by Gasteiger charge is 2.36. The van der Waals surface area contributed by atoms with Crippen LogP contribution in [-0.2, 0) is 22.4 Å². The molecule has 0 amide bonds. The van der Waals surface area contributed by atoms with E-state index in [1.807, 2.05) is 48.5 Å². The fourth-order valence-electron chi connectivity index (χ4n) is 6.37. The third-order valence-electron chi connectivity index (χ3n) is 8.31. The number of allylic oxidation sites excluding steroid dienone is 2. The average Bonchev–Trinajstić information content (AvgIpc) is 3.63. The Bertz CT molecular complexity index is 1380. The predicted molar refractivity (Wildman–Crippen MR) is 143 cm³/mol. The van der Waals surface area contributed by atoms with Crippen LogP contribution in [0.4, 0.5) is 0 Å². The number of ketones is 3. The second-order valence-electron chi connectivity index (χ2n) is 10.7. The second-order valence-corrected chi connectivity index (χ2v) is 10.7. The Hall–Kier alpha value is -3.80. The zero-order valence-corrected chi connectivity index (χ0v) is 21.5. The standard InChI is InChI=1S/C32H32N2O4/c35-27(14-13-25-31-28(36)19-24(20-30(31)38-33-25)22-11-5-2-6-12-22)32-26(34-15-7-8-16-34)17-23(18-29(32)37)21-9-3-1-4-10-21/h1-6,9-12,23-24H,7-8,13-20H2. The Morgan fingerprint density at radius 1 is 0.816 bits per heavy atom. The molecule has 2 heterocycles. The van der Waals surface area contributed by atoms with E-state index in [0.29, 0.717) is 54.7 Å². The molecule has 2 atom stereocenters. The SMILES string of the molecule is O=C(CCc1noc2c1C(=O)CC(c1ccccc1)C2)C1=C(N2CCCC2)CC(c2ccccc2)CC1=O. The average molecular weight is 509 g/mol. The quantitative estimate of drug-likeness (QED) is 0.387. The number of Topliss-reactive ketones (excluding diaryl/α,β-unsaturated/α-hetero) is 3.